The second-order valence-electron chi connectivity index (χ2n) is 3.29. The third-order valence-corrected chi connectivity index (χ3v) is 2.08. The summed E-state index contributed by atoms with van der Waals surface area (Å²) in [4.78, 5) is 10.2. The summed E-state index contributed by atoms with van der Waals surface area (Å²) in [6.45, 7) is -0.481. The van der Waals surface area contributed by atoms with Crippen LogP contribution >= 0.6 is 0 Å². The number of hydrogen-bond donors (Lipinski definition) is 3. The first-order chi connectivity index (χ1) is 8.10. The van der Waals surface area contributed by atoms with Crippen LogP contribution in [0.1, 0.15) is 5.56 Å². The Labute approximate surface area is 97.1 Å². The number of hydrogen-bond acceptors (Lipinski definition) is 6. The van der Waals surface area contributed by atoms with Crippen molar-refractivity contribution in [3.05, 3.63) is 33.9 Å². The van der Waals surface area contributed by atoms with Crippen LogP contribution in [0.2, 0.25) is 0 Å². The van der Waals surface area contributed by atoms with Crippen molar-refractivity contribution in [2.45, 2.75) is 6.10 Å². The molecule has 0 fully saturated rings. The van der Waals surface area contributed by atoms with Crippen LogP contribution in [-0.2, 0) is 0 Å². The molecule has 0 aromatic heterocycles. The number of rotatable bonds is 5. The zero-order valence-corrected chi connectivity index (χ0v) is 8.83. The van der Waals surface area contributed by atoms with Crippen molar-refractivity contribution in [3.63, 3.8) is 0 Å². The molecule has 1 aromatic carbocycles. The maximum atomic E-state index is 10.8. The highest BCUT2D eigenvalue weighted by molar-refractivity contribution is 5.68. The van der Waals surface area contributed by atoms with E-state index in [0.717, 1.165) is 0 Å². The molecule has 0 saturated carbocycles. The monoisotopic (exact) mass is 237 g/mol. The van der Waals surface area contributed by atoms with Crippen molar-refractivity contribution in [2.75, 3.05) is 18.5 Å². The molecule has 0 saturated heterocycles. The highest BCUT2D eigenvalue weighted by Gasteiger charge is 2.19. The molecule has 1 atom stereocenters. The summed E-state index contributed by atoms with van der Waals surface area (Å²) in [5, 5.41) is 39.9. The number of nitriles is 1. The first-order valence-electron chi connectivity index (χ1n) is 4.80. The predicted octanol–water partition coefficient (Wildman–Crippen LogP) is 0.232. The first kappa shape index (κ1) is 12.9. The lowest BCUT2D eigenvalue weighted by molar-refractivity contribution is -0.384. The Morgan fingerprint density at radius 2 is 2.29 bits per heavy atom. The lowest BCUT2D eigenvalue weighted by Crippen LogP contribution is -2.23. The Morgan fingerprint density at radius 1 is 1.59 bits per heavy atom. The molecular formula is C10H11N3O4. The van der Waals surface area contributed by atoms with Crippen molar-refractivity contribution < 1.29 is 15.1 Å². The topological polar surface area (TPSA) is 119 Å². The standard InChI is InChI=1S/C10H11N3O4/c11-4-7-2-1-3-9(10(7)13(16)17)12-5-8(15)6-14/h1-3,8,12,14-15H,5-6H2. The molecule has 0 amide bonds. The number of aliphatic hydroxyl groups is 2. The van der Waals surface area contributed by atoms with E-state index in [2.05, 4.69) is 5.32 Å². The number of nitro groups is 1. The minimum atomic E-state index is -1.01. The SMILES string of the molecule is N#Cc1cccc(NCC(O)CO)c1[N+](=O)[O-]. The quantitative estimate of drug-likeness (QED) is 0.498. The Morgan fingerprint density at radius 3 is 2.82 bits per heavy atom. The molecule has 0 radical (unpaired) electrons. The lowest BCUT2D eigenvalue weighted by Gasteiger charge is -2.10. The summed E-state index contributed by atoms with van der Waals surface area (Å²) in [5.41, 5.74) is -0.250. The van der Waals surface area contributed by atoms with Crippen LogP contribution in [0.4, 0.5) is 11.4 Å². The van der Waals surface area contributed by atoms with Gasteiger partial charge in [-0.1, -0.05) is 6.07 Å². The average Bonchev–Trinajstić information content (AvgIpc) is 2.34. The Bertz CT molecular complexity index is 455. The minimum Gasteiger partial charge on any atom is -0.394 e. The zero-order chi connectivity index (χ0) is 12.8. The van der Waals surface area contributed by atoms with Gasteiger partial charge >= 0.3 is 5.69 Å². The molecule has 1 rings (SSSR count). The van der Waals surface area contributed by atoms with Gasteiger partial charge in [-0.15, -0.1) is 0 Å². The van der Waals surface area contributed by atoms with E-state index in [1.54, 1.807) is 6.07 Å². The molecule has 0 heterocycles. The number of aliphatic hydroxyl groups excluding tert-OH is 2. The van der Waals surface area contributed by atoms with Crippen molar-refractivity contribution in [1.29, 1.82) is 5.26 Å². The van der Waals surface area contributed by atoms with E-state index in [0.29, 0.717) is 0 Å². The Balaban J connectivity index is 2.99. The summed E-state index contributed by atoms with van der Waals surface area (Å²) in [7, 11) is 0. The zero-order valence-electron chi connectivity index (χ0n) is 8.83. The molecule has 0 spiro atoms. The summed E-state index contributed by atoms with van der Waals surface area (Å²) in [5.74, 6) is 0. The highest BCUT2D eigenvalue weighted by Crippen LogP contribution is 2.27. The van der Waals surface area contributed by atoms with E-state index in [-0.39, 0.29) is 23.5 Å². The molecule has 7 nitrogen and oxygen atoms in total. The van der Waals surface area contributed by atoms with Crippen molar-refractivity contribution in [1.82, 2.24) is 0 Å². The summed E-state index contributed by atoms with van der Waals surface area (Å²) in [6.07, 6.45) is -1.01. The largest absolute Gasteiger partial charge is 0.394 e. The van der Waals surface area contributed by atoms with Crippen molar-refractivity contribution in [3.8, 4) is 6.07 Å². The molecule has 3 N–H and O–H groups in total. The molecule has 0 aliphatic rings. The van der Waals surface area contributed by atoms with Crippen LogP contribution in [0.15, 0.2) is 18.2 Å². The van der Waals surface area contributed by atoms with Crippen LogP contribution in [0.5, 0.6) is 0 Å². The smallest absolute Gasteiger partial charge is 0.309 e. The van der Waals surface area contributed by atoms with Gasteiger partial charge in [0.05, 0.1) is 17.6 Å². The first-order valence-corrected chi connectivity index (χ1v) is 4.80. The molecule has 1 unspecified atom stereocenters. The molecule has 7 heteroatoms. The molecule has 0 aliphatic carbocycles. The van der Waals surface area contributed by atoms with Crippen molar-refractivity contribution >= 4 is 11.4 Å². The second kappa shape index (κ2) is 5.79. The molecule has 17 heavy (non-hydrogen) atoms. The molecule has 1 aromatic rings. The lowest BCUT2D eigenvalue weighted by atomic mass is 10.1. The van der Waals surface area contributed by atoms with Gasteiger partial charge in [0.25, 0.3) is 0 Å². The van der Waals surface area contributed by atoms with Crippen LogP contribution in [-0.4, -0.2) is 34.4 Å². The average molecular weight is 237 g/mol. The summed E-state index contributed by atoms with van der Waals surface area (Å²) < 4.78 is 0. The van der Waals surface area contributed by atoms with Crippen LogP contribution in [0, 0.1) is 21.4 Å². The van der Waals surface area contributed by atoms with E-state index < -0.39 is 17.6 Å². The fraction of sp³-hybridized carbons (Fsp3) is 0.300. The number of para-hydroxylation sites is 1. The minimum absolute atomic E-state index is 0.0355. The van der Waals surface area contributed by atoms with E-state index in [1.807, 2.05) is 0 Å². The number of benzene rings is 1. The number of nitrogens with one attached hydrogen (secondary N) is 1. The Kier molecular flexibility index (Phi) is 4.39. The number of nitrogens with zero attached hydrogens (tertiary/aromatic N) is 2. The van der Waals surface area contributed by atoms with Crippen LogP contribution in [0.3, 0.4) is 0 Å². The second-order valence-corrected chi connectivity index (χ2v) is 3.29. The van der Waals surface area contributed by atoms with Crippen LogP contribution in [0.25, 0.3) is 0 Å². The normalized spacial score (nSPS) is 11.6. The van der Waals surface area contributed by atoms with Crippen LogP contribution < -0.4 is 5.32 Å². The van der Waals surface area contributed by atoms with Gasteiger partial charge in [0.15, 0.2) is 0 Å². The van der Waals surface area contributed by atoms with Gasteiger partial charge in [-0.2, -0.15) is 5.26 Å². The predicted molar refractivity (Wildman–Crippen MR) is 59.4 cm³/mol. The molecule has 0 aliphatic heterocycles. The van der Waals surface area contributed by atoms with Gasteiger partial charge in [-0.25, -0.2) is 0 Å². The van der Waals surface area contributed by atoms with E-state index in [9.17, 15) is 10.1 Å². The molecule has 90 valence electrons. The maximum absolute atomic E-state index is 10.8. The van der Waals surface area contributed by atoms with Gasteiger partial charge in [0, 0.05) is 6.54 Å². The van der Waals surface area contributed by atoms with Gasteiger partial charge in [0.1, 0.15) is 17.3 Å². The van der Waals surface area contributed by atoms with E-state index in [4.69, 9.17) is 15.5 Å². The Hall–Kier alpha value is -2.17. The van der Waals surface area contributed by atoms with Crippen molar-refractivity contribution in [2.24, 2.45) is 0 Å². The fourth-order valence-electron chi connectivity index (χ4n) is 1.27. The van der Waals surface area contributed by atoms with Gasteiger partial charge in [0.2, 0.25) is 0 Å². The third-order valence-electron chi connectivity index (χ3n) is 2.08. The molecule has 0 bridgehead atoms. The van der Waals surface area contributed by atoms with E-state index >= 15 is 0 Å². The summed E-state index contributed by atoms with van der Waals surface area (Å²) >= 11 is 0. The third kappa shape index (κ3) is 3.14. The highest BCUT2D eigenvalue weighted by atomic mass is 16.6. The molecular weight excluding hydrogens is 226 g/mol. The van der Waals surface area contributed by atoms with Gasteiger partial charge in [-0.05, 0) is 12.1 Å². The van der Waals surface area contributed by atoms with Gasteiger partial charge < -0.3 is 15.5 Å². The number of anilines is 1. The summed E-state index contributed by atoms with van der Waals surface area (Å²) in [6, 6.07) is 6.00. The van der Waals surface area contributed by atoms with E-state index in [1.165, 1.54) is 18.2 Å². The maximum Gasteiger partial charge on any atom is 0.309 e. The fourth-order valence-corrected chi connectivity index (χ4v) is 1.27. The van der Waals surface area contributed by atoms with Gasteiger partial charge in [-0.3, -0.25) is 10.1 Å². The number of nitro benzene ring substituents is 1.